The Morgan fingerprint density at radius 1 is 1.43 bits per heavy atom. The molecule has 0 bridgehead atoms. The molecule has 1 aliphatic rings. The van der Waals surface area contributed by atoms with Gasteiger partial charge >= 0.3 is 0 Å². The van der Waals surface area contributed by atoms with E-state index >= 15 is 0 Å². The van der Waals surface area contributed by atoms with E-state index in [0.29, 0.717) is 6.54 Å². The molecule has 1 atom stereocenters. The van der Waals surface area contributed by atoms with Crippen LogP contribution in [0.2, 0.25) is 0 Å². The Kier molecular flexibility index (Phi) is 7.08. The molecule has 1 fully saturated rings. The maximum atomic E-state index is 13.6. The van der Waals surface area contributed by atoms with Crippen LogP contribution in [0.5, 0.6) is 0 Å². The average Bonchev–Trinajstić information content (AvgIpc) is 3.16. The van der Waals surface area contributed by atoms with Crippen molar-refractivity contribution in [3.8, 4) is 0 Å². The molecule has 0 spiro atoms. The molecule has 6 nitrogen and oxygen atoms in total. The van der Waals surface area contributed by atoms with Gasteiger partial charge in [-0.25, -0.2) is 14.4 Å². The SMILES string of the molecule is CCNC(=NCc1csc(N(C)C)n1)NC1CCCN(c2cccc(F)c2)C1. The fraction of sp³-hybridized carbons (Fsp3) is 0.500. The molecule has 1 unspecified atom stereocenters. The number of thiazole rings is 1. The third-order valence-corrected chi connectivity index (χ3v) is 5.66. The summed E-state index contributed by atoms with van der Waals surface area (Å²) in [5.41, 5.74) is 1.91. The highest BCUT2D eigenvalue weighted by molar-refractivity contribution is 7.13. The summed E-state index contributed by atoms with van der Waals surface area (Å²) < 4.78 is 13.6. The molecule has 2 aromatic rings. The number of hydrogen-bond acceptors (Lipinski definition) is 5. The lowest BCUT2D eigenvalue weighted by Gasteiger charge is -2.35. The fourth-order valence-electron chi connectivity index (χ4n) is 3.25. The zero-order valence-electron chi connectivity index (χ0n) is 16.8. The highest BCUT2D eigenvalue weighted by Crippen LogP contribution is 2.21. The van der Waals surface area contributed by atoms with Gasteiger partial charge in [0, 0.05) is 50.8 Å². The molecular formula is C20H29FN6S. The topological polar surface area (TPSA) is 55.8 Å². The van der Waals surface area contributed by atoms with Crippen molar-refractivity contribution in [3.63, 3.8) is 0 Å². The molecule has 1 aromatic heterocycles. The van der Waals surface area contributed by atoms with Crippen molar-refractivity contribution in [1.82, 2.24) is 15.6 Å². The lowest BCUT2D eigenvalue weighted by molar-refractivity contribution is 0.467. The van der Waals surface area contributed by atoms with Crippen LogP contribution < -0.4 is 20.4 Å². The van der Waals surface area contributed by atoms with E-state index in [-0.39, 0.29) is 11.9 Å². The summed E-state index contributed by atoms with van der Waals surface area (Å²) in [5, 5.41) is 9.90. The second-order valence-electron chi connectivity index (χ2n) is 7.12. The maximum Gasteiger partial charge on any atom is 0.191 e. The molecule has 2 heterocycles. The lowest BCUT2D eigenvalue weighted by atomic mass is 10.0. The highest BCUT2D eigenvalue weighted by atomic mass is 32.1. The van der Waals surface area contributed by atoms with E-state index in [1.54, 1.807) is 23.5 Å². The van der Waals surface area contributed by atoms with E-state index in [2.05, 4.69) is 32.8 Å². The fourth-order valence-corrected chi connectivity index (χ4v) is 4.00. The van der Waals surface area contributed by atoms with E-state index in [1.807, 2.05) is 25.1 Å². The van der Waals surface area contributed by atoms with Gasteiger partial charge in [0.15, 0.2) is 11.1 Å². The summed E-state index contributed by atoms with van der Waals surface area (Å²) in [7, 11) is 3.98. The van der Waals surface area contributed by atoms with Gasteiger partial charge in [0.05, 0.1) is 12.2 Å². The summed E-state index contributed by atoms with van der Waals surface area (Å²) in [6.07, 6.45) is 2.13. The first-order valence-electron chi connectivity index (χ1n) is 9.72. The molecule has 1 saturated heterocycles. The number of nitrogens with zero attached hydrogens (tertiary/aromatic N) is 4. The number of aliphatic imine (C=N–C) groups is 1. The molecule has 152 valence electrons. The Labute approximate surface area is 170 Å². The van der Waals surface area contributed by atoms with Crippen LogP contribution in [0.3, 0.4) is 0 Å². The van der Waals surface area contributed by atoms with Crippen LogP contribution in [0.15, 0.2) is 34.6 Å². The molecule has 8 heteroatoms. The number of nitrogens with one attached hydrogen (secondary N) is 2. The second-order valence-corrected chi connectivity index (χ2v) is 7.96. The standard InChI is InChI=1S/C20H29FN6S/c1-4-22-19(23-12-17-14-28-20(25-17)26(2)3)24-16-8-6-10-27(13-16)18-9-5-7-15(21)11-18/h5,7,9,11,14,16H,4,6,8,10,12-13H2,1-3H3,(H2,22,23,24). The predicted octanol–water partition coefficient (Wildman–Crippen LogP) is 3.07. The third-order valence-electron chi connectivity index (χ3n) is 4.60. The van der Waals surface area contributed by atoms with Crippen molar-refractivity contribution in [2.45, 2.75) is 32.4 Å². The first kappa shape index (κ1) is 20.4. The van der Waals surface area contributed by atoms with Crippen molar-refractivity contribution in [2.24, 2.45) is 4.99 Å². The number of anilines is 2. The van der Waals surface area contributed by atoms with Crippen LogP contribution in [0.4, 0.5) is 15.2 Å². The summed E-state index contributed by atoms with van der Waals surface area (Å²) in [4.78, 5) is 13.5. The molecule has 0 radical (unpaired) electrons. The van der Waals surface area contributed by atoms with Gasteiger partial charge in [-0.15, -0.1) is 11.3 Å². The van der Waals surface area contributed by atoms with E-state index < -0.39 is 0 Å². The molecule has 3 rings (SSSR count). The molecule has 1 aromatic carbocycles. The molecule has 0 saturated carbocycles. The summed E-state index contributed by atoms with van der Waals surface area (Å²) in [6.45, 7) is 5.17. The van der Waals surface area contributed by atoms with E-state index in [4.69, 9.17) is 4.99 Å². The van der Waals surface area contributed by atoms with Gasteiger partial charge in [-0.3, -0.25) is 0 Å². The Hall–Kier alpha value is -2.35. The minimum Gasteiger partial charge on any atom is -0.369 e. The van der Waals surface area contributed by atoms with Gasteiger partial charge in [-0.2, -0.15) is 0 Å². The Morgan fingerprint density at radius 2 is 2.29 bits per heavy atom. The van der Waals surface area contributed by atoms with Gasteiger partial charge in [0.1, 0.15) is 5.82 Å². The van der Waals surface area contributed by atoms with Crippen LogP contribution in [0.1, 0.15) is 25.5 Å². The molecule has 0 aliphatic carbocycles. The smallest absolute Gasteiger partial charge is 0.191 e. The Bertz CT molecular complexity index is 791. The number of guanidine groups is 1. The molecule has 0 amide bonds. The van der Waals surface area contributed by atoms with Crippen LogP contribution in [-0.4, -0.2) is 50.7 Å². The van der Waals surface area contributed by atoms with Crippen molar-refractivity contribution < 1.29 is 4.39 Å². The van der Waals surface area contributed by atoms with Crippen molar-refractivity contribution >= 4 is 28.1 Å². The molecule has 1 aliphatic heterocycles. The minimum atomic E-state index is -0.192. The van der Waals surface area contributed by atoms with E-state index in [9.17, 15) is 4.39 Å². The first-order valence-corrected chi connectivity index (χ1v) is 10.6. The van der Waals surface area contributed by atoms with Gasteiger partial charge in [0.2, 0.25) is 0 Å². The van der Waals surface area contributed by atoms with E-state index in [1.165, 1.54) is 6.07 Å². The summed E-state index contributed by atoms with van der Waals surface area (Å²) in [5.74, 6) is 0.607. The summed E-state index contributed by atoms with van der Waals surface area (Å²) in [6, 6.07) is 7.09. The number of rotatable bonds is 6. The number of hydrogen-bond donors (Lipinski definition) is 2. The lowest BCUT2D eigenvalue weighted by Crippen LogP contribution is -2.51. The van der Waals surface area contributed by atoms with Gasteiger partial charge in [-0.1, -0.05) is 6.07 Å². The number of aromatic nitrogens is 1. The summed E-state index contributed by atoms with van der Waals surface area (Å²) >= 11 is 1.62. The second kappa shape index (κ2) is 9.73. The average molecular weight is 405 g/mol. The van der Waals surface area contributed by atoms with Crippen LogP contribution in [0, 0.1) is 5.82 Å². The number of benzene rings is 1. The van der Waals surface area contributed by atoms with Gasteiger partial charge in [0.25, 0.3) is 0 Å². The maximum absolute atomic E-state index is 13.6. The first-order chi connectivity index (χ1) is 13.5. The minimum absolute atomic E-state index is 0.192. The number of piperidine rings is 1. The van der Waals surface area contributed by atoms with Crippen LogP contribution in [0.25, 0.3) is 0 Å². The van der Waals surface area contributed by atoms with Crippen molar-refractivity contribution in [1.29, 1.82) is 0 Å². The van der Waals surface area contributed by atoms with Crippen LogP contribution >= 0.6 is 11.3 Å². The molecular weight excluding hydrogens is 375 g/mol. The highest BCUT2D eigenvalue weighted by Gasteiger charge is 2.21. The quantitative estimate of drug-likeness (QED) is 0.572. The van der Waals surface area contributed by atoms with Crippen molar-refractivity contribution in [2.75, 3.05) is 43.5 Å². The van der Waals surface area contributed by atoms with Gasteiger partial charge in [-0.05, 0) is 38.0 Å². The zero-order valence-corrected chi connectivity index (χ0v) is 17.6. The largest absolute Gasteiger partial charge is 0.369 e. The third kappa shape index (κ3) is 5.58. The number of halogens is 1. The zero-order chi connectivity index (χ0) is 19.9. The monoisotopic (exact) mass is 404 g/mol. The van der Waals surface area contributed by atoms with E-state index in [0.717, 1.165) is 54.9 Å². The predicted molar refractivity (Wildman–Crippen MR) is 116 cm³/mol. The molecule has 28 heavy (non-hydrogen) atoms. The van der Waals surface area contributed by atoms with Crippen molar-refractivity contribution in [3.05, 3.63) is 41.2 Å². The molecule has 2 N–H and O–H groups in total. The Balaban J connectivity index is 1.62. The normalized spacial score (nSPS) is 17.5. The van der Waals surface area contributed by atoms with Gasteiger partial charge < -0.3 is 20.4 Å². The van der Waals surface area contributed by atoms with Crippen LogP contribution in [-0.2, 0) is 6.54 Å². The Morgan fingerprint density at radius 3 is 3.00 bits per heavy atom.